The van der Waals surface area contributed by atoms with Crippen LogP contribution >= 0.6 is 11.6 Å². The number of unbranched alkanes of at least 4 members (excludes halogenated alkanes) is 1. The topological polar surface area (TPSA) is 123 Å². The Morgan fingerprint density at radius 2 is 1.82 bits per heavy atom. The third kappa shape index (κ3) is 6.69. The number of ether oxygens (including phenoxy) is 1. The van der Waals surface area contributed by atoms with Gasteiger partial charge in [-0.2, -0.15) is 5.10 Å². The minimum absolute atomic E-state index is 0.0564. The Morgan fingerprint density at radius 3 is 2.50 bits per heavy atom. The fraction of sp³-hybridized carbons (Fsp3) is 0.174. The molecule has 0 spiro atoms. The second kappa shape index (κ2) is 11.5. The van der Waals surface area contributed by atoms with Crippen LogP contribution in [0.3, 0.4) is 0 Å². The van der Waals surface area contributed by atoms with Crippen LogP contribution < -0.4 is 14.9 Å². The molecule has 178 valence electrons. The Kier molecular flexibility index (Phi) is 8.44. The van der Waals surface area contributed by atoms with Crippen molar-refractivity contribution in [3.63, 3.8) is 0 Å². The number of anilines is 2. The summed E-state index contributed by atoms with van der Waals surface area (Å²) in [6, 6.07) is 16.9. The third-order valence-corrected chi connectivity index (χ3v) is 6.36. The molecule has 34 heavy (non-hydrogen) atoms. The Labute approximate surface area is 202 Å². The van der Waals surface area contributed by atoms with Gasteiger partial charge in [0.05, 0.1) is 34.1 Å². The normalized spacial score (nSPS) is 11.4. The number of rotatable bonds is 11. The average molecular weight is 503 g/mol. The van der Waals surface area contributed by atoms with E-state index in [0.29, 0.717) is 6.61 Å². The molecule has 0 aromatic heterocycles. The number of hydrogen-bond acceptors (Lipinski definition) is 7. The Bertz CT molecular complexity index is 1280. The highest BCUT2D eigenvalue weighted by Crippen LogP contribution is 2.30. The highest BCUT2D eigenvalue weighted by atomic mass is 35.5. The van der Waals surface area contributed by atoms with Crippen LogP contribution in [0.1, 0.15) is 25.3 Å². The summed E-state index contributed by atoms with van der Waals surface area (Å²) in [7, 11) is -4.23. The van der Waals surface area contributed by atoms with E-state index in [1.54, 1.807) is 24.3 Å². The largest absolute Gasteiger partial charge is 0.494 e. The van der Waals surface area contributed by atoms with E-state index in [1.165, 1.54) is 30.5 Å². The first-order chi connectivity index (χ1) is 16.3. The summed E-state index contributed by atoms with van der Waals surface area (Å²) in [5, 5.41) is 15.5. The number of sulfonamides is 1. The molecule has 11 heteroatoms. The summed E-state index contributed by atoms with van der Waals surface area (Å²) in [5.41, 5.74) is 3.22. The van der Waals surface area contributed by atoms with Gasteiger partial charge in [0, 0.05) is 12.1 Å². The van der Waals surface area contributed by atoms with Crippen LogP contribution in [-0.4, -0.2) is 26.2 Å². The van der Waals surface area contributed by atoms with E-state index in [4.69, 9.17) is 16.3 Å². The van der Waals surface area contributed by atoms with E-state index < -0.39 is 14.9 Å². The van der Waals surface area contributed by atoms with Crippen molar-refractivity contribution in [1.29, 1.82) is 0 Å². The van der Waals surface area contributed by atoms with Gasteiger partial charge in [-0.1, -0.05) is 37.1 Å². The van der Waals surface area contributed by atoms with Crippen molar-refractivity contribution in [2.24, 2.45) is 5.10 Å². The van der Waals surface area contributed by atoms with Gasteiger partial charge in [0.15, 0.2) is 0 Å². The highest BCUT2D eigenvalue weighted by molar-refractivity contribution is 7.93. The van der Waals surface area contributed by atoms with Crippen LogP contribution in [0.15, 0.2) is 76.7 Å². The summed E-state index contributed by atoms with van der Waals surface area (Å²) in [6.45, 7) is 2.73. The molecule has 2 N–H and O–H groups in total. The molecule has 0 aliphatic heterocycles. The van der Waals surface area contributed by atoms with Crippen molar-refractivity contribution >= 4 is 44.9 Å². The second-order valence-corrected chi connectivity index (χ2v) is 9.22. The Morgan fingerprint density at radius 1 is 1.09 bits per heavy atom. The molecule has 0 saturated carbocycles. The van der Waals surface area contributed by atoms with Gasteiger partial charge in [0.2, 0.25) is 0 Å². The van der Waals surface area contributed by atoms with Crippen molar-refractivity contribution in [1.82, 2.24) is 0 Å². The zero-order valence-electron chi connectivity index (χ0n) is 18.3. The smallest absolute Gasteiger partial charge is 0.270 e. The molecule has 0 saturated heterocycles. The molecule has 0 bridgehead atoms. The number of non-ortho nitro benzene ring substituents is 1. The molecule has 0 unspecified atom stereocenters. The highest BCUT2D eigenvalue weighted by Gasteiger charge is 2.23. The fourth-order valence-corrected chi connectivity index (χ4v) is 4.34. The number of benzene rings is 3. The SMILES string of the molecule is CCCCOc1ccc(/C=N/Nc2ccc([N+](=O)[O-])cc2S(=O)(=O)Nc2ccccc2Cl)cc1. The molecule has 0 aliphatic rings. The molecule has 3 aromatic rings. The van der Waals surface area contributed by atoms with E-state index in [0.717, 1.165) is 30.2 Å². The molecule has 0 amide bonds. The Hall–Kier alpha value is -3.63. The zero-order valence-corrected chi connectivity index (χ0v) is 19.8. The van der Waals surface area contributed by atoms with Crippen LogP contribution in [-0.2, 0) is 10.0 Å². The number of hydrogen-bond donors (Lipinski definition) is 2. The number of nitro benzene ring substituents is 1. The van der Waals surface area contributed by atoms with Gasteiger partial charge in [0.25, 0.3) is 15.7 Å². The minimum Gasteiger partial charge on any atom is -0.494 e. The van der Waals surface area contributed by atoms with Crippen LogP contribution in [0.2, 0.25) is 5.02 Å². The van der Waals surface area contributed by atoms with Gasteiger partial charge >= 0.3 is 0 Å². The lowest BCUT2D eigenvalue weighted by Crippen LogP contribution is -2.15. The molecule has 0 atom stereocenters. The average Bonchev–Trinajstić information content (AvgIpc) is 2.81. The molecule has 0 fully saturated rings. The molecule has 0 heterocycles. The molecule has 3 rings (SSSR count). The minimum atomic E-state index is -4.23. The van der Waals surface area contributed by atoms with E-state index in [1.807, 2.05) is 12.1 Å². The summed E-state index contributed by atoms with van der Waals surface area (Å²) >= 11 is 6.05. The maximum atomic E-state index is 13.0. The number of nitro groups is 1. The molecule has 0 aliphatic carbocycles. The fourth-order valence-electron chi connectivity index (χ4n) is 2.84. The van der Waals surface area contributed by atoms with E-state index in [2.05, 4.69) is 22.2 Å². The third-order valence-electron chi connectivity index (χ3n) is 4.63. The summed E-state index contributed by atoms with van der Waals surface area (Å²) in [4.78, 5) is 10.2. The van der Waals surface area contributed by atoms with Crippen molar-refractivity contribution in [2.75, 3.05) is 16.8 Å². The maximum Gasteiger partial charge on any atom is 0.270 e. The predicted octanol–water partition coefficient (Wildman–Crippen LogP) is 5.67. The first-order valence-corrected chi connectivity index (χ1v) is 12.2. The van der Waals surface area contributed by atoms with Crippen LogP contribution in [0.25, 0.3) is 0 Å². The van der Waals surface area contributed by atoms with Crippen molar-refractivity contribution in [3.8, 4) is 5.75 Å². The number of nitrogens with zero attached hydrogens (tertiary/aromatic N) is 2. The lowest BCUT2D eigenvalue weighted by molar-refractivity contribution is -0.385. The number of halogens is 1. The standard InChI is InChI=1S/C23H23ClN4O5S/c1-2-3-14-33-19-11-8-17(9-12-19)16-25-26-22-13-10-18(28(29)30)15-23(22)34(31,32)27-21-7-5-4-6-20(21)24/h4-13,15-16,26-27H,2-3,14H2,1H3/b25-16+. The molecule has 0 radical (unpaired) electrons. The molecular formula is C23H23ClN4O5S. The zero-order chi connectivity index (χ0) is 24.6. The first kappa shape index (κ1) is 25.0. The number of para-hydroxylation sites is 1. The van der Waals surface area contributed by atoms with Gasteiger partial charge in [-0.3, -0.25) is 20.3 Å². The van der Waals surface area contributed by atoms with Crippen LogP contribution in [0.4, 0.5) is 17.1 Å². The maximum absolute atomic E-state index is 13.0. The first-order valence-electron chi connectivity index (χ1n) is 10.4. The summed E-state index contributed by atoms with van der Waals surface area (Å²) in [6.07, 6.45) is 3.51. The summed E-state index contributed by atoms with van der Waals surface area (Å²) in [5.74, 6) is 0.743. The van der Waals surface area contributed by atoms with Crippen LogP contribution in [0, 0.1) is 10.1 Å². The van der Waals surface area contributed by atoms with E-state index in [9.17, 15) is 18.5 Å². The van der Waals surface area contributed by atoms with E-state index >= 15 is 0 Å². The molecular weight excluding hydrogens is 480 g/mol. The van der Waals surface area contributed by atoms with Gasteiger partial charge in [-0.05, 0) is 54.4 Å². The summed E-state index contributed by atoms with van der Waals surface area (Å²) < 4.78 is 34.0. The van der Waals surface area contributed by atoms with Gasteiger partial charge in [0.1, 0.15) is 10.6 Å². The second-order valence-electron chi connectivity index (χ2n) is 7.16. The number of hydrazone groups is 1. The van der Waals surface area contributed by atoms with Gasteiger partial charge in [-0.25, -0.2) is 8.42 Å². The lowest BCUT2D eigenvalue weighted by Gasteiger charge is -2.13. The van der Waals surface area contributed by atoms with Crippen molar-refractivity contribution in [2.45, 2.75) is 24.7 Å². The quantitative estimate of drug-likeness (QED) is 0.150. The monoisotopic (exact) mass is 502 g/mol. The van der Waals surface area contributed by atoms with Gasteiger partial charge < -0.3 is 4.74 Å². The van der Waals surface area contributed by atoms with Crippen LogP contribution in [0.5, 0.6) is 5.75 Å². The van der Waals surface area contributed by atoms with E-state index in [-0.39, 0.29) is 27.0 Å². The molecule has 3 aromatic carbocycles. The molecule has 9 nitrogen and oxygen atoms in total. The van der Waals surface area contributed by atoms with Crippen molar-refractivity contribution < 1.29 is 18.1 Å². The van der Waals surface area contributed by atoms with Gasteiger partial charge in [-0.15, -0.1) is 0 Å². The predicted molar refractivity (Wildman–Crippen MR) is 133 cm³/mol. The number of nitrogens with one attached hydrogen (secondary N) is 2. The van der Waals surface area contributed by atoms with Crippen molar-refractivity contribution in [3.05, 3.63) is 87.4 Å². The lowest BCUT2D eigenvalue weighted by atomic mass is 10.2. The Balaban J connectivity index is 1.81.